The van der Waals surface area contributed by atoms with E-state index in [1.54, 1.807) is 18.4 Å². The van der Waals surface area contributed by atoms with Gasteiger partial charge in [0.05, 0.1) is 11.6 Å². The molecule has 23 heavy (non-hydrogen) atoms. The van der Waals surface area contributed by atoms with E-state index >= 15 is 0 Å². The van der Waals surface area contributed by atoms with Gasteiger partial charge in [-0.1, -0.05) is 12.1 Å². The lowest BCUT2D eigenvalue weighted by Crippen LogP contribution is -1.85. The number of halogens is 1. The predicted octanol–water partition coefficient (Wildman–Crippen LogP) is 6.33. The molecule has 2 nitrogen and oxygen atoms in total. The fourth-order valence-electron chi connectivity index (χ4n) is 3.07. The molecule has 114 valence electrons. The molecule has 0 bridgehead atoms. The van der Waals surface area contributed by atoms with Crippen molar-refractivity contribution in [3.8, 4) is 11.1 Å². The summed E-state index contributed by atoms with van der Waals surface area (Å²) >= 11 is 5.15. The predicted molar refractivity (Wildman–Crippen MR) is 91.7 cm³/mol. The molecule has 0 fully saturated rings. The Morgan fingerprint density at radius 3 is 2.39 bits per heavy atom. The van der Waals surface area contributed by atoms with Crippen molar-refractivity contribution in [1.29, 1.82) is 0 Å². The van der Waals surface area contributed by atoms with Crippen LogP contribution in [0.25, 0.3) is 33.1 Å². The van der Waals surface area contributed by atoms with Gasteiger partial charge >= 0.3 is 0 Å². The first-order chi connectivity index (χ1) is 11.0. The van der Waals surface area contributed by atoms with Crippen LogP contribution in [0.15, 0.2) is 51.5 Å². The number of hydrogen-bond acceptors (Lipinski definition) is 3. The van der Waals surface area contributed by atoms with Crippen LogP contribution in [0.4, 0.5) is 4.39 Å². The van der Waals surface area contributed by atoms with Crippen molar-refractivity contribution in [2.75, 3.05) is 0 Å². The van der Waals surface area contributed by atoms with E-state index in [4.69, 9.17) is 21.1 Å². The number of benzene rings is 2. The quantitative estimate of drug-likeness (QED) is 0.383. The lowest BCUT2D eigenvalue weighted by atomic mass is 9.98. The average molecular weight is 324 g/mol. The smallest absolute Gasteiger partial charge is 0.191 e. The van der Waals surface area contributed by atoms with Gasteiger partial charge in [0.25, 0.3) is 0 Å². The molecule has 0 spiro atoms. The Hall–Kier alpha value is -2.46. The molecule has 0 N–H and O–H groups in total. The molecule has 0 saturated heterocycles. The molecule has 0 atom stereocenters. The van der Waals surface area contributed by atoms with E-state index in [9.17, 15) is 4.39 Å². The van der Waals surface area contributed by atoms with E-state index in [2.05, 4.69) is 0 Å². The van der Waals surface area contributed by atoms with Crippen molar-refractivity contribution in [1.82, 2.24) is 0 Å². The molecule has 4 heteroatoms. The van der Waals surface area contributed by atoms with Crippen LogP contribution in [-0.2, 0) is 0 Å². The van der Waals surface area contributed by atoms with Crippen molar-refractivity contribution in [2.45, 2.75) is 13.8 Å². The summed E-state index contributed by atoms with van der Waals surface area (Å²) in [6.07, 6.45) is 1.71. The molecule has 2 aromatic heterocycles. The van der Waals surface area contributed by atoms with Crippen LogP contribution in [0, 0.1) is 24.4 Å². The third-order valence-corrected chi connectivity index (χ3v) is 4.30. The molecule has 0 aliphatic rings. The van der Waals surface area contributed by atoms with Gasteiger partial charge in [0.15, 0.2) is 4.71 Å². The van der Waals surface area contributed by atoms with Crippen molar-refractivity contribution >= 4 is 34.2 Å². The van der Waals surface area contributed by atoms with Crippen molar-refractivity contribution in [2.24, 2.45) is 0 Å². The molecule has 2 aromatic carbocycles. The minimum Gasteiger partial charge on any atom is -0.463 e. The van der Waals surface area contributed by atoms with Gasteiger partial charge in [0.2, 0.25) is 0 Å². The SMILES string of the molecule is Cc1cc2oc(=S)cc(C)c2c2occ(-c3ccc(F)cc3)c12. The zero-order chi connectivity index (χ0) is 16.1. The van der Waals surface area contributed by atoms with Gasteiger partial charge in [-0.2, -0.15) is 0 Å². The standard InChI is InChI=1S/C19H13FO2S/c1-10-7-15-18(11(2)8-16(23)22-15)19-17(10)14(9-21-19)12-3-5-13(20)6-4-12/h3-9H,1-2H3. The van der Waals surface area contributed by atoms with Crippen LogP contribution < -0.4 is 0 Å². The third-order valence-electron chi connectivity index (χ3n) is 4.10. The zero-order valence-corrected chi connectivity index (χ0v) is 13.5. The van der Waals surface area contributed by atoms with Gasteiger partial charge < -0.3 is 8.83 Å². The average Bonchev–Trinajstić information content (AvgIpc) is 2.92. The second-order valence-electron chi connectivity index (χ2n) is 5.68. The lowest BCUT2D eigenvalue weighted by molar-refractivity contribution is 0.582. The Labute approximate surface area is 137 Å². The molecule has 0 amide bonds. The zero-order valence-electron chi connectivity index (χ0n) is 12.6. The van der Waals surface area contributed by atoms with Gasteiger partial charge in [-0.3, -0.25) is 0 Å². The van der Waals surface area contributed by atoms with Crippen LogP contribution in [0.2, 0.25) is 0 Å². The van der Waals surface area contributed by atoms with E-state index in [1.165, 1.54) is 12.1 Å². The van der Waals surface area contributed by atoms with Gasteiger partial charge in [0.1, 0.15) is 17.0 Å². The highest BCUT2D eigenvalue weighted by molar-refractivity contribution is 7.71. The summed E-state index contributed by atoms with van der Waals surface area (Å²) in [6.45, 7) is 3.99. The molecule has 2 heterocycles. The molecule has 0 unspecified atom stereocenters. The normalized spacial score (nSPS) is 11.4. The molecule has 0 saturated carbocycles. The van der Waals surface area contributed by atoms with Crippen molar-refractivity contribution < 1.29 is 13.2 Å². The first-order valence-electron chi connectivity index (χ1n) is 7.26. The van der Waals surface area contributed by atoms with Crippen LogP contribution in [-0.4, -0.2) is 0 Å². The number of furan rings is 1. The van der Waals surface area contributed by atoms with E-state index in [0.717, 1.165) is 44.2 Å². The van der Waals surface area contributed by atoms with Crippen LogP contribution in [0.1, 0.15) is 11.1 Å². The second-order valence-corrected chi connectivity index (χ2v) is 6.08. The van der Waals surface area contributed by atoms with Crippen molar-refractivity contribution in [3.63, 3.8) is 0 Å². The number of aryl methyl sites for hydroxylation is 2. The van der Waals surface area contributed by atoms with E-state index < -0.39 is 0 Å². The molecule has 4 aromatic rings. The summed E-state index contributed by atoms with van der Waals surface area (Å²) in [5.41, 5.74) is 5.41. The molecular formula is C19H13FO2S. The number of fused-ring (bicyclic) bond motifs is 3. The third kappa shape index (κ3) is 2.18. The summed E-state index contributed by atoms with van der Waals surface area (Å²) in [7, 11) is 0. The summed E-state index contributed by atoms with van der Waals surface area (Å²) < 4.78 is 25.2. The molecule has 0 aliphatic heterocycles. The van der Waals surface area contributed by atoms with E-state index in [0.29, 0.717) is 4.71 Å². The Kier molecular flexibility index (Phi) is 3.10. The molecule has 4 rings (SSSR count). The highest BCUT2D eigenvalue weighted by Crippen LogP contribution is 2.38. The van der Waals surface area contributed by atoms with Crippen LogP contribution in [0.3, 0.4) is 0 Å². The molecule has 0 aliphatic carbocycles. The summed E-state index contributed by atoms with van der Waals surface area (Å²) in [5, 5.41) is 1.94. The van der Waals surface area contributed by atoms with E-state index in [-0.39, 0.29) is 5.82 Å². The van der Waals surface area contributed by atoms with Gasteiger partial charge in [-0.15, -0.1) is 0 Å². The molecular weight excluding hydrogens is 311 g/mol. The first-order valence-corrected chi connectivity index (χ1v) is 7.66. The van der Waals surface area contributed by atoms with Gasteiger partial charge in [-0.25, -0.2) is 4.39 Å². The lowest BCUT2D eigenvalue weighted by Gasteiger charge is -2.06. The summed E-state index contributed by atoms with van der Waals surface area (Å²) in [4.78, 5) is 0. The van der Waals surface area contributed by atoms with Gasteiger partial charge in [0, 0.05) is 10.9 Å². The Bertz CT molecular complexity index is 1100. The minimum absolute atomic E-state index is 0.253. The first kappa shape index (κ1) is 14.2. The highest BCUT2D eigenvalue weighted by atomic mass is 32.1. The maximum absolute atomic E-state index is 13.2. The summed E-state index contributed by atoms with van der Waals surface area (Å²) in [5.74, 6) is -0.253. The molecule has 0 radical (unpaired) electrons. The number of hydrogen-bond donors (Lipinski definition) is 0. The van der Waals surface area contributed by atoms with Crippen LogP contribution in [0.5, 0.6) is 0 Å². The fourth-order valence-corrected chi connectivity index (χ4v) is 3.34. The van der Waals surface area contributed by atoms with Gasteiger partial charge in [-0.05, 0) is 67.0 Å². The Balaban J connectivity index is 2.12. The minimum atomic E-state index is -0.253. The maximum atomic E-state index is 13.2. The second kappa shape index (κ2) is 5.03. The number of rotatable bonds is 1. The topological polar surface area (TPSA) is 26.3 Å². The largest absolute Gasteiger partial charge is 0.463 e. The highest BCUT2D eigenvalue weighted by Gasteiger charge is 2.16. The Morgan fingerprint density at radius 2 is 1.65 bits per heavy atom. The van der Waals surface area contributed by atoms with Crippen molar-refractivity contribution in [3.05, 3.63) is 64.3 Å². The fraction of sp³-hybridized carbons (Fsp3) is 0.105. The summed E-state index contributed by atoms with van der Waals surface area (Å²) in [6, 6.07) is 10.2. The maximum Gasteiger partial charge on any atom is 0.191 e. The van der Waals surface area contributed by atoms with Crippen LogP contribution >= 0.6 is 12.2 Å². The van der Waals surface area contributed by atoms with E-state index in [1.807, 2.05) is 26.0 Å². The monoisotopic (exact) mass is 324 g/mol. The Morgan fingerprint density at radius 1 is 0.957 bits per heavy atom.